The number of H-pyrrole nitrogens is 1. The van der Waals surface area contributed by atoms with E-state index in [0.717, 1.165) is 22.0 Å². The van der Waals surface area contributed by atoms with Gasteiger partial charge in [-0.25, -0.2) is 0 Å². The molecule has 5 rings (SSSR count). The highest BCUT2D eigenvalue weighted by atomic mass is 16.5. The Morgan fingerprint density at radius 3 is 2.64 bits per heavy atom. The number of aromatic nitrogens is 1. The van der Waals surface area contributed by atoms with Crippen molar-refractivity contribution in [2.24, 2.45) is 5.73 Å². The van der Waals surface area contributed by atoms with E-state index in [-0.39, 0.29) is 11.8 Å². The number of aliphatic hydroxyl groups excluding tert-OH is 1. The summed E-state index contributed by atoms with van der Waals surface area (Å²) in [6.07, 6.45) is 3.39. The second-order valence-corrected chi connectivity index (χ2v) is 10.7. The molecule has 1 saturated heterocycles. The van der Waals surface area contributed by atoms with Gasteiger partial charge >= 0.3 is 0 Å². The zero-order valence-corrected chi connectivity index (χ0v) is 20.8. The van der Waals surface area contributed by atoms with Crippen molar-refractivity contribution in [1.82, 2.24) is 15.2 Å². The van der Waals surface area contributed by atoms with E-state index in [0.29, 0.717) is 44.5 Å². The SMILES string of the molecule is CC(C)(N)C(=O)NC(Cc1c[nH]c2ccccc12)C(=O)N1CCC2(CC1)C[C@@H](O)c1ccccc1O2. The van der Waals surface area contributed by atoms with Gasteiger partial charge in [0.25, 0.3) is 0 Å². The normalized spacial score (nSPS) is 20.0. The number of piperidine rings is 1. The Balaban J connectivity index is 1.33. The van der Waals surface area contributed by atoms with Gasteiger partial charge in [0.15, 0.2) is 0 Å². The lowest BCUT2D eigenvalue weighted by Crippen LogP contribution is -2.59. The minimum absolute atomic E-state index is 0.135. The minimum Gasteiger partial charge on any atom is -0.487 e. The molecule has 2 aromatic carbocycles. The van der Waals surface area contributed by atoms with Crippen LogP contribution in [0.5, 0.6) is 5.75 Å². The van der Waals surface area contributed by atoms with Crippen molar-refractivity contribution in [3.63, 3.8) is 0 Å². The molecule has 1 unspecified atom stereocenters. The third kappa shape index (κ3) is 4.70. The molecule has 36 heavy (non-hydrogen) atoms. The number of rotatable bonds is 5. The zero-order chi connectivity index (χ0) is 25.5. The molecule has 8 nitrogen and oxygen atoms in total. The number of aromatic amines is 1. The summed E-state index contributed by atoms with van der Waals surface area (Å²) in [7, 11) is 0. The van der Waals surface area contributed by atoms with E-state index in [9.17, 15) is 14.7 Å². The van der Waals surface area contributed by atoms with Gasteiger partial charge in [0.1, 0.15) is 17.4 Å². The number of hydrogen-bond acceptors (Lipinski definition) is 5. The van der Waals surface area contributed by atoms with Crippen LogP contribution in [0.25, 0.3) is 10.9 Å². The molecule has 2 amide bonds. The molecule has 2 atom stereocenters. The van der Waals surface area contributed by atoms with Gasteiger partial charge in [-0.3, -0.25) is 9.59 Å². The van der Waals surface area contributed by atoms with Crippen LogP contribution in [0, 0.1) is 0 Å². The van der Waals surface area contributed by atoms with Gasteiger partial charge in [-0.1, -0.05) is 36.4 Å². The first kappa shape index (κ1) is 24.3. The summed E-state index contributed by atoms with van der Waals surface area (Å²) >= 11 is 0. The number of aliphatic hydroxyl groups is 1. The molecular weight excluding hydrogens is 456 g/mol. The molecule has 2 aliphatic heterocycles. The molecule has 0 bridgehead atoms. The van der Waals surface area contributed by atoms with Gasteiger partial charge < -0.3 is 30.8 Å². The van der Waals surface area contributed by atoms with Gasteiger partial charge in [-0.2, -0.15) is 0 Å². The zero-order valence-electron chi connectivity index (χ0n) is 20.8. The van der Waals surface area contributed by atoms with Gasteiger partial charge in [0.05, 0.1) is 11.6 Å². The van der Waals surface area contributed by atoms with E-state index in [1.54, 1.807) is 18.7 Å². The quantitative estimate of drug-likeness (QED) is 0.438. The van der Waals surface area contributed by atoms with Crippen LogP contribution in [0.2, 0.25) is 0 Å². The van der Waals surface area contributed by atoms with Gasteiger partial charge in [0.2, 0.25) is 11.8 Å². The number of fused-ring (bicyclic) bond motifs is 2. The van der Waals surface area contributed by atoms with E-state index in [4.69, 9.17) is 10.5 Å². The molecule has 3 aromatic rings. The number of ether oxygens (including phenoxy) is 1. The summed E-state index contributed by atoms with van der Waals surface area (Å²) in [6.45, 7) is 4.23. The maximum absolute atomic E-state index is 13.7. The first-order valence-electron chi connectivity index (χ1n) is 12.5. The van der Waals surface area contributed by atoms with Crippen molar-refractivity contribution in [3.05, 3.63) is 65.9 Å². The number of carbonyl (C=O) groups excluding carboxylic acids is 2. The van der Waals surface area contributed by atoms with Gasteiger partial charge in [-0.15, -0.1) is 0 Å². The average molecular weight is 491 g/mol. The summed E-state index contributed by atoms with van der Waals surface area (Å²) in [6, 6.07) is 14.7. The number of carbonyl (C=O) groups is 2. The first-order chi connectivity index (χ1) is 17.2. The van der Waals surface area contributed by atoms with Crippen LogP contribution in [0.4, 0.5) is 0 Å². The molecule has 8 heteroatoms. The molecule has 1 fully saturated rings. The largest absolute Gasteiger partial charge is 0.487 e. The Bertz CT molecular complexity index is 1270. The number of nitrogens with zero attached hydrogens (tertiary/aromatic N) is 1. The fourth-order valence-electron chi connectivity index (χ4n) is 5.31. The number of para-hydroxylation sites is 2. The fraction of sp³-hybridized carbons (Fsp3) is 0.429. The summed E-state index contributed by atoms with van der Waals surface area (Å²) in [5.41, 5.74) is 7.18. The Kier molecular flexibility index (Phi) is 6.26. The van der Waals surface area contributed by atoms with E-state index in [1.165, 1.54) is 0 Å². The highest BCUT2D eigenvalue weighted by molar-refractivity contribution is 5.92. The summed E-state index contributed by atoms with van der Waals surface area (Å²) in [5.74, 6) is 0.208. The molecule has 2 aliphatic rings. The van der Waals surface area contributed by atoms with Gasteiger partial charge in [0, 0.05) is 61.4 Å². The Morgan fingerprint density at radius 2 is 1.89 bits per heavy atom. The second kappa shape index (κ2) is 9.26. The Labute approximate surface area is 210 Å². The molecule has 190 valence electrons. The number of nitrogens with two attached hydrogens (primary N) is 1. The lowest BCUT2D eigenvalue weighted by atomic mass is 9.81. The predicted molar refractivity (Wildman–Crippen MR) is 137 cm³/mol. The molecule has 5 N–H and O–H groups in total. The highest BCUT2D eigenvalue weighted by Crippen LogP contribution is 2.44. The van der Waals surface area contributed by atoms with Crippen molar-refractivity contribution >= 4 is 22.7 Å². The summed E-state index contributed by atoms with van der Waals surface area (Å²) < 4.78 is 6.37. The summed E-state index contributed by atoms with van der Waals surface area (Å²) in [5, 5.41) is 14.7. The fourth-order valence-corrected chi connectivity index (χ4v) is 5.31. The number of hydrogen-bond donors (Lipinski definition) is 4. The third-order valence-electron chi connectivity index (χ3n) is 7.44. The number of likely N-dealkylation sites (tertiary alicyclic amines) is 1. The van der Waals surface area contributed by atoms with Crippen LogP contribution in [-0.4, -0.2) is 57.1 Å². The molecule has 1 aromatic heterocycles. The minimum atomic E-state index is -1.11. The van der Waals surface area contributed by atoms with Crippen LogP contribution in [-0.2, 0) is 16.0 Å². The van der Waals surface area contributed by atoms with Crippen molar-refractivity contribution < 1.29 is 19.4 Å². The lowest BCUT2D eigenvalue weighted by Gasteiger charge is -2.46. The van der Waals surface area contributed by atoms with Crippen LogP contribution < -0.4 is 15.8 Å². The van der Waals surface area contributed by atoms with Crippen LogP contribution in [0.1, 0.15) is 50.3 Å². The number of benzene rings is 2. The van der Waals surface area contributed by atoms with Crippen LogP contribution in [0.3, 0.4) is 0 Å². The van der Waals surface area contributed by atoms with E-state index in [1.807, 2.05) is 54.7 Å². The van der Waals surface area contributed by atoms with E-state index < -0.39 is 23.3 Å². The van der Waals surface area contributed by atoms with Crippen LogP contribution >= 0.6 is 0 Å². The lowest BCUT2D eigenvalue weighted by molar-refractivity contribution is -0.141. The molecule has 3 heterocycles. The Morgan fingerprint density at radius 1 is 1.19 bits per heavy atom. The van der Waals surface area contributed by atoms with E-state index >= 15 is 0 Å². The average Bonchev–Trinajstić information content (AvgIpc) is 3.26. The Hall–Kier alpha value is -3.36. The highest BCUT2D eigenvalue weighted by Gasteiger charge is 2.44. The maximum Gasteiger partial charge on any atom is 0.245 e. The molecule has 0 aliphatic carbocycles. The monoisotopic (exact) mass is 490 g/mol. The topological polar surface area (TPSA) is 121 Å². The number of nitrogens with one attached hydrogen (secondary N) is 2. The van der Waals surface area contributed by atoms with Crippen molar-refractivity contribution in [1.29, 1.82) is 0 Å². The van der Waals surface area contributed by atoms with Crippen LogP contribution in [0.15, 0.2) is 54.7 Å². The summed E-state index contributed by atoms with van der Waals surface area (Å²) in [4.78, 5) is 31.6. The molecular formula is C28H34N4O4. The van der Waals surface area contributed by atoms with Crippen molar-refractivity contribution in [3.8, 4) is 5.75 Å². The van der Waals surface area contributed by atoms with E-state index in [2.05, 4.69) is 10.3 Å². The molecule has 1 spiro atoms. The second-order valence-electron chi connectivity index (χ2n) is 10.7. The third-order valence-corrected chi connectivity index (χ3v) is 7.44. The number of amides is 2. The van der Waals surface area contributed by atoms with Gasteiger partial charge in [-0.05, 0) is 31.5 Å². The first-order valence-corrected chi connectivity index (χ1v) is 12.5. The maximum atomic E-state index is 13.7. The molecule has 0 saturated carbocycles. The smallest absolute Gasteiger partial charge is 0.245 e. The predicted octanol–water partition coefficient (Wildman–Crippen LogP) is 2.81. The van der Waals surface area contributed by atoms with Crippen molar-refractivity contribution in [2.45, 2.75) is 62.8 Å². The standard InChI is InChI=1S/C28H34N4O4/c1-27(2,29)26(35)31-22(15-18-17-30-21-9-5-3-7-19(18)21)25(34)32-13-11-28(12-14-32)16-23(33)20-8-4-6-10-24(20)36-28/h3-10,17,22-23,30,33H,11-16,29H2,1-2H3,(H,31,35)/t22?,23-/m1/s1. The van der Waals surface area contributed by atoms with Crippen molar-refractivity contribution in [2.75, 3.05) is 13.1 Å². The molecule has 0 radical (unpaired) electrons.